The average Bonchev–Trinajstić information content (AvgIpc) is 2.13. The maximum Gasteiger partial charge on any atom is 0.237 e. The van der Waals surface area contributed by atoms with E-state index >= 15 is 0 Å². The van der Waals surface area contributed by atoms with Crippen molar-refractivity contribution < 1.29 is 9.59 Å². The predicted molar refractivity (Wildman–Crippen MR) is 54.3 cm³/mol. The second-order valence-electron chi connectivity index (χ2n) is 3.30. The molecule has 0 saturated carbocycles. The molecule has 0 spiro atoms. The van der Waals surface area contributed by atoms with Crippen molar-refractivity contribution in [3.05, 3.63) is 0 Å². The summed E-state index contributed by atoms with van der Waals surface area (Å²) in [4.78, 5) is 23.8. The number of amides is 2. The monoisotopic (exact) mass is 201 g/mol. The van der Waals surface area contributed by atoms with Crippen molar-refractivity contribution in [3.63, 3.8) is 0 Å². The molecule has 0 aromatic rings. The Morgan fingerprint density at radius 2 is 2.00 bits per heavy atom. The summed E-state index contributed by atoms with van der Waals surface area (Å²) in [6.45, 7) is 4.58. The molecule has 0 bridgehead atoms. The Labute approximate surface area is 84.4 Å². The highest BCUT2D eigenvalue weighted by atomic mass is 16.2. The summed E-state index contributed by atoms with van der Waals surface area (Å²) < 4.78 is 0. The number of primary amides is 1. The van der Waals surface area contributed by atoms with Crippen molar-refractivity contribution in [3.8, 4) is 0 Å². The molecule has 0 radical (unpaired) electrons. The van der Waals surface area contributed by atoms with Gasteiger partial charge in [0.1, 0.15) is 0 Å². The molecule has 2 amide bonds. The maximum absolute atomic E-state index is 11.7. The fourth-order valence-electron chi connectivity index (χ4n) is 1.22. The minimum atomic E-state index is -0.486. The molecule has 0 rings (SSSR count). The van der Waals surface area contributed by atoms with Gasteiger partial charge in [-0.3, -0.25) is 9.59 Å². The van der Waals surface area contributed by atoms with E-state index in [1.807, 2.05) is 6.92 Å². The molecule has 0 aliphatic heterocycles. The first-order valence-corrected chi connectivity index (χ1v) is 4.80. The summed E-state index contributed by atoms with van der Waals surface area (Å²) in [5, 5.41) is 0. The topological polar surface area (TPSA) is 89.4 Å². The minimum absolute atomic E-state index is 0.00968. The van der Waals surface area contributed by atoms with Crippen molar-refractivity contribution in [1.29, 1.82) is 0 Å². The van der Waals surface area contributed by atoms with E-state index in [2.05, 4.69) is 0 Å². The van der Waals surface area contributed by atoms with Crippen molar-refractivity contribution in [2.45, 2.75) is 20.3 Å². The largest absolute Gasteiger partial charge is 0.368 e. The van der Waals surface area contributed by atoms with Crippen LogP contribution in [-0.4, -0.2) is 36.3 Å². The first-order chi connectivity index (χ1) is 6.52. The molecule has 1 unspecified atom stereocenters. The molecule has 1 atom stereocenters. The van der Waals surface area contributed by atoms with Crippen LogP contribution in [0.2, 0.25) is 0 Å². The molecule has 82 valence electrons. The van der Waals surface area contributed by atoms with Crippen LogP contribution in [0.25, 0.3) is 0 Å². The first kappa shape index (κ1) is 12.9. The molecule has 0 fully saturated rings. The van der Waals surface area contributed by atoms with Gasteiger partial charge in [0.15, 0.2) is 0 Å². The van der Waals surface area contributed by atoms with Gasteiger partial charge in [0, 0.05) is 12.5 Å². The SMILES string of the molecule is CCN(CC(N)=O)C(=O)C(C)CCN. The van der Waals surface area contributed by atoms with Gasteiger partial charge in [-0.15, -0.1) is 0 Å². The number of hydrogen-bond acceptors (Lipinski definition) is 3. The highest BCUT2D eigenvalue weighted by molar-refractivity contribution is 5.84. The third-order valence-electron chi connectivity index (χ3n) is 2.06. The molecule has 0 aliphatic rings. The first-order valence-electron chi connectivity index (χ1n) is 4.80. The summed E-state index contributed by atoms with van der Waals surface area (Å²) in [5.74, 6) is -0.684. The van der Waals surface area contributed by atoms with Gasteiger partial charge in [0.25, 0.3) is 0 Å². The molecule has 4 N–H and O–H groups in total. The third-order valence-corrected chi connectivity index (χ3v) is 2.06. The Hall–Kier alpha value is -1.10. The number of carbonyl (C=O) groups is 2. The molecule has 0 heterocycles. The van der Waals surface area contributed by atoms with Crippen LogP contribution in [0.1, 0.15) is 20.3 Å². The minimum Gasteiger partial charge on any atom is -0.368 e. The predicted octanol–water partition coefficient (Wildman–Crippen LogP) is -0.695. The third kappa shape index (κ3) is 4.23. The van der Waals surface area contributed by atoms with E-state index in [1.54, 1.807) is 6.92 Å². The van der Waals surface area contributed by atoms with Crippen LogP contribution < -0.4 is 11.5 Å². The van der Waals surface area contributed by atoms with Crippen molar-refractivity contribution >= 4 is 11.8 Å². The van der Waals surface area contributed by atoms with Crippen LogP contribution in [0, 0.1) is 5.92 Å². The van der Waals surface area contributed by atoms with E-state index < -0.39 is 5.91 Å². The van der Waals surface area contributed by atoms with Crippen molar-refractivity contribution in [2.24, 2.45) is 17.4 Å². The van der Waals surface area contributed by atoms with E-state index in [-0.39, 0.29) is 18.4 Å². The van der Waals surface area contributed by atoms with Gasteiger partial charge in [-0.05, 0) is 19.9 Å². The molecule has 0 aromatic carbocycles. The van der Waals surface area contributed by atoms with Gasteiger partial charge in [0.05, 0.1) is 6.54 Å². The number of rotatable bonds is 6. The van der Waals surface area contributed by atoms with Gasteiger partial charge < -0.3 is 16.4 Å². The Morgan fingerprint density at radius 1 is 1.43 bits per heavy atom. The summed E-state index contributed by atoms with van der Waals surface area (Å²) in [5.41, 5.74) is 10.4. The molecule has 5 heteroatoms. The van der Waals surface area contributed by atoms with Crippen molar-refractivity contribution in [1.82, 2.24) is 4.90 Å². The summed E-state index contributed by atoms with van der Waals surface area (Å²) >= 11 is 0. The second kappa shape index (κ2) is 6.37. The lowest BCUT2D eigenvalue weighted by atomic mass is 10.1. The van der Waals surface area contributed by atoms with Crippen LogP contribution in [0.3, 0.4) is 0 Å². The Morgan fingerprint density at radius 3 is 2.36 bits per heavy atom. The van der Waals surface area contributed by atoms with E-state index in [1.165, 1.54) is 4.90 Å². The molecular formula is C9H19N3O2. The quantitative estimate of drug-likeness (QED) is 0.595. The number of nitrogens with two attached hydrogens (primary N) is 2. The van der Waals surface area contributed by atoms with Gasteiger partial charge in [-0.1, -0.05) is 6.92 Å². The molecule has 0 saturated heterocycles. The number of carbonyl (C=O) groups excluding carboxylic acids is 2. The molecule has 0 aromatic heterocycles. The van der Waals surface area contributed by atoms with E-state index in [4.69, 9.17) is 11.5 Å². The lowest BCUT2D eigenvalue weighted by Gasteiger charge is -2.22. The normalized spacial score (nSPS) is 12.2. The number of hydrogen-bond donors (Lipinski definition) is 2. The van der Waals surface area contributed by atoms with Crippen LogP contribution in [0.15, 0.2) is 0 Å². The Bertz CT molecular complexity index is 206. The second-order valence-corrected chi connectivity index (χ2v) is 3.30. The van der Waals surface area contributed by atoms with Crippen LogP contribution in [-0.2, 0) is 9.59 Å². The van der Waals surface area contributed by atoms with Gasteiger partial charge in [-0.25, -0.2) is 0 Å². The number of nitrogens with zero attached hydrogens (tertiary/aromatic N) is 1. The fourth-order valence-corrected chi connectivity index (χ4v) is 1.22. The molecule has 14 heavy (non-hydrogen) atoms. The zero-order valence-electron chi connectivity index (χ0n) is 8.82. The Balaban J connectivity index is 4.22. The molecular weight excluding hydrogens is 182 g/mol. The molecule has 5 nitrogen and oxygen atoms in total. The van der Waals surface area contributed by atoms with Gasteiger partial charge in [0.2, 0.25) is 11.8 Å². The molecule has 0 aliphatic carbocycles. The lowest BCUT2D eigenvalue weighted by molar-refractivity contribution is -0.138. The maximum atomic E-state index is 11.7. The summed E-state index contributed by atoms with van der Waals surface area (Å²) in [7, 11) is 0. The van der Waals surface area contributed by atoms with Crippen molar-refractivity contribution in [2.75, 3.05) is 19.6 Å². The zero-order valence-corrected chi connectivity index (χ0v) is 8.82. The number of likely N-dealkylation sites (N-methyl/N-ethyl adjacent to an activating group) is 1. The van der Waals surface area contributed by atoms with Crippen LogP contribution in [0.5, 0.6) is 0 Å². The average molecular weight is 201 g/mol. The van der Waals surface area contributed by atoms with E-state index in [9.17, 15) is 9.59 Å². The van der Waals surface area contributed by atoms with Gasteiger partial charge in [-0.2, -0.15) is 0 Å². The van der Waals surface area contributed by atoms with E-state index in [0.29, 0.717) is 19.5 Å². The van der Waals surface area contributed by atoms with Crippen LogP contribution >= 0.6 is 0 Å². The standard InChI is InChI=1S/C9H19N3O2/c1-3-12(6-8(11)13)9(14)7(2)4-5-10/h7H,3-6,10H2,1-2H3,(H2,11,13). The van der Waals surface area contributed by atoms with Gasteiger partial charge >= 0.3 is 0 Å². The van der Waals surface area contributed by atoms with Crippen LogP contribution in [0.4, 0.5) is 0 Å². The fraction of sp³-hybridized carbons (Fsp3) is 0.778. The summed E-state index contributed by atoms with van der Waals surface area (Å²) in [6, 6.07) is 0. The van der Waals surface area contributed by atoms with E-state index in [0.717, 1.165) is 0 Å². The smallest absolute Gasteiger partial charge is 0.237 e. The zero-order chi connectivity index (χ0) is 11.1. The summed E-state index contributed by atoms with van der Waals surface area (Å²) in [6.07, 6.45) is 0.633. The Kier molecular flexibility index (Phi) is 5.87. The highest BCUT2D eigenvalue weighted by Gasteiger charge is 2.19. The lowest BCUT2D eigenvalue weighted by Crippen LogP contribution is -2.41. The highest BCUT2D eigenvalue weighted by Crippen LogP contribution is 2.05.